The zero-order valence-electron chi connectivity index (χ0n) is 12.6. The van der Waals surface area contributed by atoms with Crippen LogP contribution in [0.4, 0.5) is 8.78 Å². The second-order valence-electron chi connectivity index (χ2n) is 5.43. The lowest BCUT2D eigenvalue weighted by atomic mass is 10.1. The van der Waals surface area contributed by atoms with E-state index in [0.29, 0.717) is 24.2 Å². The first-order valence-electron chi connectivity index (χ1n) is 7.44. The number of aromatic nitrogens is 3. The molecule has 0 radical (unpaired) electrons. The minimum absolute atomic E-state index is 0.496. The average Bonchev–Trinajstić information content (AvgIpc) is 3.00. The Hall–Kier alpha value is -3.09. The van der Waals surface area contributed by atoms with E-state index in [-0.39, 0.29) is 0 Å². The van der Waals surface area contributed by atoms with Gasteiger partial charge in [-0.2, -0.15) is 10.2 Å². The van der Waals surface area contributed by atoms with Crippen molar-refractivity contribution in [3.63, 3.8) is 0 Å². The molecule has 0 saturated carbocycles. The van der Waals surface area contributed by atoms with Crippen molar-refractivity contribution in [1.82, 2.24) is 20.2 Å². The van der Waals surface area contributed by atoms with Crippen molar-refractivity contribution >= 4 is 16.7 Å². The van der Waals surface area contributed by atoms with Crippen molar-refractivity contribution in [2.24, 2.45) is 5.10 Å². The van der Waals surface area contributed by atoms with Crippen LogP contribution in [0.3, 0.4) is 0 Å². The van der Waals surface area contributed by atoms with Crippen LogP contribution in [0.2, 0.25) is 0 Å². The van der Waals surface area contributed by atoms with Gasteiger partial charge in [-0.3, -0.25) is 9.67 Å². The van der Waals surface area contributed by atoms with Crippen LogP contribution in [0.5, 0.6) is 0 Å². The van der Waals surface area contributed by atoms with Crippen LogP contribution in [0, 0.1) is 11.6 Å². The van der Waals surface area contributed by atoms with Gasteiger partial charge in [-0.05, 0) is 29.8 Å². The maximum Gasteiger partial charge on any atom is 0.159 e. The van der Waals surface area contributed by atoms with Crippen LogP contribution >= 0.6 is 0 Å². The summed E-state index contributed by atoms with van der Waals surface area (Å²) in [5.74, 6) is -1.75. The molecule has 1 aromatic carbocycles. The Bertz CT molecular complexity index is 974. The number of fused-ring (bicyclic) bond motifs is 1. The lowest BCUT2D eigenvalue weighted by Crippen LogP contribution is -2.18. The molecule has 3 aromatic rings. The van der Waals surface area contributed by atoms with Crippen molar-refractivity contribution in [3.8, 4) is 11.1 Å². The second kappa shape index (κ2) is 5.84. The Morgan fingerprint density at radius 2 is 2.00 bits per heavy atom. The third-order valence-corrected chi connectivity index (χ3v) is 3.80. The predicted molar refractivity (Wildman–Crippen MR) is 87.5 cm³/mol. The van der Waals surface area contributed by atoms with E-state index < -0.39 is 11.6 Å². The summed E-state index contributed by atoms with van der Waals surface area (Å²) in [6, 6.07) is 5.67. The molecule has 7 heteroatoms. The molecule has 3 heterocycles. The summed E-state index contributed by atoms with van der Waals surface area (Å²) in [4.78, 5) is 4.35. The first-order chi connectivity index (χ1) is 11.7. The van der Waals surface area contributed by atoms with E-state index in [2.05, 4.69) is 20.6 Å². The molecule has 2 aromatic heterocycles. The largest absolute Gasteiger partial charge is 0.306 e. The SMILES string of the molecule is Fc1ccc(-c2cnc3cnn(CC4=NNCC=C4)c3c2)cc1F. The van der Waals surface area contributed by atoms with Crippen LogP contribution < -0.4 is 5.43 Å². The molecule has 24 heavy (non-hydrogen) atoms. The molecule has 1 aliphatic heterocycles. The molecule has 1 aliphatic rings. The van der Waals surface area contributed by atoms with Gasteiger partial charge in [0.1, 0.15) is 5.52 Å². The summed E-state index contributed by atoms with van der Waals surface area (Å²) >= 11 is 0. The highest BCUT2D eigenvalue weighted by molar-refractivity contribution is 5.95. The molecule has 1 N–H and O–H groups in total. The number of halogens is 2. The number of pyridine rings is 1. The monoisotopic (exact) mass is 325 g/mol. The molecule has 0 amide bonds. The van der Waals surface area contributed by atoms with Gasteiger partial charge in [0.25, 0.3) is 0 Å². The molecule has 0 spiro atoms. The number of hydrogen-bond acceptors (Lipinski definition) is 4. The number of nitrogens with one attached hydrogen (secondary N) is 1. The first-order valence-corrected chi connectivity index (χ1v) is 7.44. The van der Waals surface area contributed by atoms with Crippen molar-refractivity contribution in [2.45, 2.75) is 6.54 Å². The van der Waals surface area contributed by atoms with Gasteiger partial charge in [0, 0.05) is 11.8 Å². The van der Waals surface area contributed by atoms with E-state index in [0.717, 1.165) is 28.9 Å². The minimum Gasteiger partial charge on any atom is -0.306 e. The van der Waals surface area contributed by atoms with Gasteiger partial charge in [-0.15, -0.1) is 0 Å². The quantitative estimate of drug-likeness (QED) is 0.805. The van der Waals surface area contributed by atoms with Crippen molar-refractivity contribution in [1.29, 1.82) is 0 Å². The van der Waals surface area contributed by atoms with Gasteiger partial charge in [0.2, 0.25) is 0 Å². The summed E-state index contributed by atoms with van der Waals surface area (Å²) in [5, 5.41) is 8.55. The van der Waals surface area contributed by atoms with E-state index >= 15 is 0 Å². The molecule has 0 unspecified atom stereocenters. The van der Waals surface area contributed by atoms with Gasteiger partial charge >= 0.3 is 0 Å². The van der Waals surface area contributed by atoms with Gasteiger partial charge in [0.05, 0.1) is 30.5 Å². The Balaban J connectivity index is 1.73. The lowest BCUT2D eigenvalue weighted by Gasteiger charge is -2.09. The lowest BCUT2D eigenvalue weighted by molar-refractivity contribution is 0.509. The summed E-state index contributed by atoms with van der Waals surface area (Å²) in [6.45, 7) is 1.21. The standard InChI is InChI=1S/C17H13F2N5/c18-14-4-3-11(6-15(14)19)12-7-17-16(20-8-12)9-22-24(17)10-13-2-1-5-21-23-13/h1-4,6-9,21H,5,10H2. The molecule has 0 fully saturated rings. The Morgan fingerprint density at radius 3 is 2.79 bits per heavy atom. The van der Waals surface area contributed by atoms with Crippen LogP contribution in [-0.2, 0) is 6.54 Å². The van der Waals surface area contributed by atoms with Crippen LogP contribution in [-0.4, -0.2) is 27.0 Å². The van der Waals surface area contributed by atoms with E-state index in [4.69, 9.17) is 0 Å². The fraction of sp³-hybridized carbons (Fsp3) is 0.118. The van der Waals surface area contributed by atoms with Crippen LogP contribution in [0.15, 0.2) is 53.9 Å². The molecule has 120 valence electrons. The summed E-state index contributed by atoms with van der Waals surface area (Å²) in [5.41, 5.74) is 6.56. The highest BCUT2D eigenvalue weighted by atomic mass is 19.2. The second-order valence-corrected chi connectivity index (χ2v) is 5.43. The Morgan fingerprint density at radius 1 is 1.08 bits per heavy atom. The van der Waals surface area contributed by atoms with Gasteiger partial charge in [-0.1, -0.05) is 12.1 Å². The van der Waals surface area contributed by atoms with Crippen molar-refractivity contribution in [2.75, 3.05) is 6.54 Å². The molecule has 0 bridgehead atoms. The van der Waals surface area contributed by atoms with E-state index in [1.54, 1.807) is 17.1 Å². The van der Waals surface area contributed by atoms with Crippen molar-refractivity contribution in [3.05, 3.63) is 60.4 Å². The first kappa shape index (κ1) is 14.5. The van der Waals surface area contributed by atoms with E-state index in [9.17, 15) is 8.78 Å². The van der Waals surface area contributed by atoms with Gasteiger partial charge in [-0.25, -0.2) is 8.78 Å². The number of allylic oxidation sites excluding steroid dienone is 1. The number of nitrogens with zero attached hydrogens (tertiary/aromatic N) is 4. The third kappa shape index (κ3) is 2.64. The number of hydrazone groups is 1. The molecule has 0 saturated heterocycles. The van der Waals surface area contributed by atoms with Crippen LogP contribution in [0.1, 0.15) is 0 Å². The highest BCUT2D eigenvalue weighted by Gasteiger charge is 2.10. The minimum atomic E-state index is -0.881. The molecule has 0 atom stereocenters. The molecular formula is C17H13F2N5. The Kier molecular flexibility index (Phi) is 3.53. The molecule has 5 nitrogen and oxygen atoms in total. The summed E-state index contributed by atoms with van der Waals surface area (Å²) < 4.78 is 28.4. The number of hydrogen-bond donors (Lipinski definition) is 1. The normalized spacial score (nSPS) is 13.8. The predicted octanol–water partition coefficient (Wildman–Crippen LogP) is 2.89. The molecule has 4 rings (SSSR count). The fourth-order valence-corrected chi connectivity index (χ4v) is 2.59. The third-order valence-electron chi connectivity index (χ3n) is 3.80. The smallest absolute Gasteiger partial charge is 0.159 e. The maximum atomic E-state index is 13.5. The Labute approximate surface area is 136 Å². The molecular weight excluding hydrogens is 312 g/mol. The van der Waals surface area contributed by atoms with Gasteiger partial charge < -0.3 is 5.43 Å². The zero-order chi connectivity index (χ0) is 16.5. The van der Waals surface area contributed by atoms with Crippen molar-refractivity contribution < 1.29 is 8.78 Å². The van der Waals surface area contributed by atoms with E-state index in [1.807, 2.05) is 18.2 Å². The number of benzene rings is 1. The summed E-state index contributed by atoms with van der Waals surface area (Å²) in [6.07, 6.45) is 7.22. The highest BCUT2D eigenvalue weighted by Crippen LogP contribution is 2.24. The topological polar surface area (TPSA) is 55.1 Å². The van der Waals surface area contributed by atoms with Gasteiger partial charge in [0.15, 0.2) is 11.6 Å². The maximum absolute atomic E-state index is 13.5. The molecule has 0 aliphatic carbocycles. The summed E-state index contributed by atoms with van der Waals surface area (Å²) in [7, 11) is 0. The fourth-order valence-electron chi connectivity index (χ4n) is 2.59. The van der Waals surface area contributed by atoms with Crippen LogP contribution in [0.25, 0.3) is 22.2 Å². The zero-order valence-corrected chi connectivity index (χ0v) is 12.6. The average molecular weight is 325 g/mol. The number of rotatable bonds is 3. The van der Waals surface area contributed by atoms with E-state index in [1.165, 1.54) is 6.07 Å².